The average molecular weight is 393 g/mol. The first-order valence-corrected chi connectivity index (χ1v) is 7.22. The van der Waals surface area contributed by atoms with Crippen molar-refractivity contribution in [2.24, 2.45) is 0 Å². The molecule has 1 aromatic heterocycles. The first kappa shape index (κ1) is 13.9. The SMILES string of the molecule is O=C(O)c1ccc2nccc(-c3cccc(F)c3I)c2c1. The Morgan fingerprint density at radius 3 is 2.71 bits per heavy atom. The third-order valence-corrected chi connectivity index (χ3v) is 4.33. The molecule has 0 spiro atoms. The minimum atomic E-state index is -0.999. The van der Waals surface area contributed by atoms with Crippen LogP contribution < -0.4 is 0 Å². The second-order valence-corrected chi connectivity index (χ2v) is 5.58. The topological polar surface area (TPSA) is 50.2 Å². The van der Waals surface area contributed by atoms with E-state index in [4.69, 9.17) is 5.11 Å². The van der Waals surface area contributed by atoms with E-state index in [1.807, 2.05) is 28.7 Å². The molecule has 5 heteroatoms. The van der Waals surface area contributed by atoms with Gasteiger partial charge in [0.1, 0.15) is 5.82 Å². The van der Waals surface area contributed by atoms with Crippen LogP contribution in [0, 0.1) is 9.39 Å². The Hall–Kier alpha value is -2.02. The Kier molecular flexibility index (Phi) is 3.59. The number of aromatic nitrogens is 1. The highest BCUT2D eigenvalue weighted by atomic mass is 127. The van der Waals surface area contributed by atoms with Gasteiger partial charge in [0, 0.05) is 11.6 Å². The fourth-order valence-corrected chi connectivity index (χ4v) is 2.88. The lowest BCUT2D eigenvalue weighted by molar-refractivity contribution is 0.0697. The number of hydrogen-bond acceptors (Lipinski definition) is 2. The van der Waals surface area contributed by atoms with Crippen molar-refractivity contribution in [3.05, 3.63) is 63.6 Å². The highest BCUT2D eigenvalue weighted by Gasteiger charge is 2.12. The predicted octanol–water partition coefficient (Wildman–Crippen LogP) is 4.34. The van der Waals surface area contributed by atoms with Crippen LogP contribution in [0.1, 0.15) is 10.4 Å². The molecule has 1 N–H and O–H groups in total. The molecule has 1 heterocycles. The van der Waals surface area contributed by atoms with Gasteiger partial charge in [-0.3, -0.25) is 4.98 Å². The molecule has 0 unspecified atom stereocenters. The number of halogens is 2. The van der Waals surface area contributed by atoms with Crippen molar-refractivity contribution in [3.8, 4) is 11.1 Å². The first-order valence-electron chi connectivity index (χ1n) is 6.14. The zero-order valence-electron chi connectivity index (χ0n) is 10.7. The lowest BCUT2D eigenvalue weighted by atomic mass is 10.00. The van der Waals surface area contributed by atoms with E-state index in [-0.39, 0.29) is 11.4 Å². The Labute approximate surface area is 133 Å². The molecule has 3 nitrogen and oxygen atoms in total. The van der Waals surface area contributed by atoms with E-state index in [9.17, 15) is 9.18 Å². The summed E-state index contributed by atoms with van der Waals surface area (Å²) in [6.45, 7) is 0. The van der Waals surface area contributed by atoms with Crippen molar-refractivity contribution in [3.63, 3.8) is 0 Å². The molecule has 3 aromatic rings. The Morgan fingerprint density at radius 1 is 1.14 bits per heavy atom. The molecule has 0 fully saturated rings. The highest BCUT2D eigenvalue weighted by molar-refractivity contribution is 14.1. The largest absolute Gasteiger partial charge is 0.478 e. The Balaban J connectivity index is 2.34. The van der Waals surface area contributed by atoms with Gasteiger partial charge in [-0.2, -0.15) is 0 Å². The van der Waals surface area contributed by atoms with Crippen molar-refractivity contribution in [2.45, 2.75) is 0 Å². The van der Waals surface area contributed by atoms with Gasteiger partial charge in [-0.05, 0) is 64.0 Å². The molecule has 0 saturated heterocycles. The summed E-state index contributed by atoms with van der Waals surface area (Å²) < 4.78 is 14.3. The number of aromatic carboxylic acids is 1. The average Bonchev–Trinajstić information content (AvgIpc) is 2.49. The third kappa shape index (κ3) is 2.49. The zero-order valence-corrected chi connectivity index (χ0v) is 12.8. The number of carboxylic acids is 1. The molecular weight excluding hydrogens is 384 g/mol. The van der Waals surface area contributed by atoms with E-state index >= 15 is 0 Å². The predicted molar refractivity (Wildman–Crippen MR) is 86.8 cm³/mol. The van der Waals surface area contributed by atoms with Crippen molar-refractivity contribution in [1.82, 2.24) is 4.98 Å². The van der Waals surface area contributed by atoms with E-state index in [1.165, 1.54) is 12.1 Å². The molecule has 0 saturated carbocycles. The molecule has 0 radical (unpaired) electrons. The normalized spacial score (nSPS) is 10.8. The minimum Gasteiger partial charge on any atom is -0.478 e. The number of carboxylic acid groups (broad SMARTS) is 1. The second kappa shape index (κ2) is 5.40. The van der Waals surface area contributed by atoms with E-state index in [0.29, 0.717) is 14.5 Å². The maximum atomic E-state index is 13.8. The molecule has 0 aliphatic rings. The van der Waals surface area contributed by atoms with Gasteiger partial charge >= 0.3 is 5.97 Å². The molecule has 21 heavy (non-hydrogen) atoms. The quantitative estimate of drug-likeness (QED) is 0.659. The number of rotatable bonds is 2. The van der Waals surface area contributed by atoms with Gasteiger partial charge in [-0.1, -0.05) is 12.1 Å². The number of hydrogen-bond donors (Lipinski definition) is 1. The standard InChI is InChI=1S/C16H9FINO2/c17-13-3-1-2-11(15(13)18)10-6-7-19-14-5-4-9(16(20)21)8-12(10)14/h1-8H,(H,20,21). The van der Waals surface area contributed by atoms with Gasteiger partial charge in [0.15, 0.2) is 0 Å². The summed E-state index contributed by atoms with van der Waals surface area (Å²) in [7, 11) is 0. The summed E-state index contributed by atoms with van der Waals surface area (Å²) >= 11 is 1.95. The van der Waals surface area contributed by atoms with Gasteiger partial charge < -0.3 is 5.11 Å². The van der Waals surface area contributed by atoms with Gasteiger partial charge in [-0.25, -0.2) is 9.18 Å². The summed E-state index contributed by atoms with van der Waals surface area (Å²) in [5.41, 5.74) is 2.36. The van der Waals surface area contributed by atoms with Crippen LogP contribution in [0.25, 0.3) is 22.0 Å². The van der Waals surface area contributed by atoms with Crippen LogP contribution >= 0.6 is 22.6 Å². The number of nitrogens with zero attached hydrogens (tertiary/aromatic N) is 1. The smallest absolute Gasteiger partial charge is 0.335 e. The Bertz CT molecular complexity index is 864. The summed E-state index contributed by atoms with van der Waals surface area (Å²) in [4.78, 5) is 15.4. The van der Waals surface area contributed by atoms with Crippen LogP contribution in [0.15, 0.2) is 48.7 Å². The fraction of sp³-hybridized carbons (Fsp3) is 0. The fourth-order valence-electron chi connectivity index (χ4n) is 2.23. The summed E-state index contributed by atoms with van der Waals surface area (Å²) in [6, 6.07) is 11.4. The number of fused-ring (bicyclic) bond motifs is 1. The molecule has 2 aromatic carbocycles. The third-order valence-electron chi connectivity index (χ3n) is 3.23. The molecular formula is C16H9FINO2. The van der Waals surface area contributed by atoms with Crippen LogP contribution in [-0.2, 0) is 0 Å². The summed E-state index contributed by atoms with van der Waals surface area (Å²) in [5, 5.41) is 9.82. The van der Waals surface area contributed by atoms with E-state index in [0.717, 1.165) is 11.1 Å². The molecule has 0 aliphatic carbocycles. The van der Waals surface area contributed by atoms with Crippen LogP contribution in [0.5, 0.6) is 0 Å². The van der Waals surface area contributed by atoms with Crippen LogP contribution in [-0.4, -0.2) is 16.1 Å². The van der Waals surface area contributed by atoms with E-state index in [2.05, 4.69) is 4.98 Å². The zero-order chi connectivity index (χ0) is 15.0. The van der Waals surface area contributed by atoms with Crippen LogP contribution in [0.2, 0.25) is 0 Å². The van der Waals surface area contributed by atoms with Crippen molar-refractivity contribution < 1.29 is 14.3 Å². The monoisotopic (exact) mass is 393 g/mol. The van der Waals surface area contributed by atoms with E-state index < -0.39 is 5.97 Å². The summed E-state index contributed by atoms with van der Waals surface area (Å²) in [5.74, 6) is -1.30. The van der Waals surface area contributed by atoms with Gasteiger partial charge in [0.25, 0.3) is 0 Å². The molecule has 104 valence electrons. The second-order valence-electron chi connectivity index (χ2n) is 4.50. The lowest BCUT2D eigenvalue weighted by Crippen LogP contribution is -1.97. The molecule has 0 atom stereocenters. The maximum absolute atomic E-state index is 13.8. The minimum absolute atomic E-state index is 0.183. The number of pyridine rings is 1. The maximum Gasteiger partial charge on any atom is 0.335 e. The Morgan fingerprint density at radius 2 is 1.95 bits per heavy atom. The van der Waals surface area contributed by atoms with E-state index in [1.54, 1.807) is 30.5 Å². The van der Waals surface area contributed by atoms with Crippen molar-refractivity contribution >= 4 is 39.5 Å². The van der Waals surface area contributed by atoms with Crippen LogP contribution in [0.4, 0.5) is 4.39 Å². The van der Waals surface area contributed by atoms with Gasteiger partial charge in [-0.15, -0.1) is 0 Å². The van der Waals surface area contributed by atoms with Gasteiger partial charge in [0.05, 0.1) is 14.7 Å². The van der Waals surface area contributed by atoms with Gasteiger partial charge in [0.2, 0.25) is 0 Å². The molecule has 0 bridgehead atoms. The van der Waals surface area contributed by atoms with Crippen LogP contribution in [0.3, 0.4) is 0 Å². The number of carbonyl (C=O) groups is 1. The lowest BCUT2D eigenvalue weighted by Gasteiger charge is -2.09. The molecule has 3 rings (SSSR count). The van der Waals surface area contributed by atoms with Crippen molar-refractivity contribution in [1.29, 1.82) is 0 Å². The number of benzene rings is 2. The molecule has 0 aliphatic heterocycles. The highest BCUT2D eigenvalue weighted by Crippen LogP contribution is 2.32. The van der Waals surface area contributed by atoms with Crippen molar-refractivity contribution in [2.75, 3.05) is 0 Å². The first-order chi connectivity index (χ1) is 10.1. The summed E-state index contributed by atoms with van der Waals surface area (Å²) in [6.07, 6.45) is 1.64. The molecule has 0 amide bonds.